The number of fused-ring (bicyclic) bond motifs is 1. The van der Waals surface area contributed by atoms with Gasteiger partial charge in [-0.3, -0.25) is 33.9 Å². The van der Waals surface area contributed by atoms with E-state index in [1.54, 1.807) is 4.90 Å². The number of piperidine rings is 1. The number of Topliss-reactive ketones (excluding diaryl/α,β-unsaturated/α-hetero) is 1. The molecule has 0 aromatic heterocycles. The Hall–Kier alpha value is -3.02. The Kier molecular flexibility index (Phi) is 11.8. The van der Waals surface area contributed by atoms with E-state index < -0.39 is 52.6 Å². The van der Waals surface area contributed by atoms with Gasteiger partial charge in [-0.15, -0.1) is 0 Å². The first kappa shape index (κ1) is 42.1. The molecule has 2 spiro atoms. The maximum Gasteiger partial charge on any atom is 0.289 e. The molecule has 12 nitrogen and oxygen atoms in total. The second kappa shape index (κ2) is 15.1. The molecule has 304 valence electrons. The predicted octanol–water partition coefficient (Wildman–Crippen LogP) is 4.48. The zero-order valence-electron chi connectivity index (χ0n) is 35.2. The summed E-state index contributed by atoms with van der Waals surface area (Å²) in [5.74, 6) is -2.00. The van der Waals surface area contributed by atoms with Crippen molar-refractivity contribution in [2.24, 2.45) is 37.8 Å². The third-order valence-corrected chi connectivity index (χ3v) is 14.0. The van der Waals surface area contributed by atoms with Crippen LogP contribution in [0.2, 0.25) is 0 Å². The molecule has 2 saturated heterocycles. The molecule has 0 bridgehead atoms. The first-order chi connectivity index (χ1) is 25.0. The molecule has 12 heteroatoms. The smallest absolute Gasteiger partial charge is 0.289 e. The summed E-state index contributed by atoms with van der Waals surface area (Å²) in [6.07, 6.45) is 9.33. The summed E-state index contributed by atoms with van der Waals surface area (Å²) < 4.78 is 0. The molecule has 4 amide bonds. The van der Waals surface area contributed by atoms with Crippen LogP contribution < -0.4 is 21.7 Å². The van der Waals surface area contributed by atoms with E-state index in [-0.39, 0.29) is 46.2 Å². The molecule has 0 aromatic rings. The number of hydrogen-bond donors (Lipinski definition) is 4. The highest BCUT2D eigenvalue weighted by molar-refractivity contribution is 6.38. The highest BCUT2D eigenvalue weighted by Gasteiger charge is 2.85. The summed E-state index contributed by atoms with van der Waals surface area (Å²) in [6, 6.07) is -3.39. The SMILES string of the molecule is CCC[C@H](NC(=O)[C@@H]1C[C@@]2(CN1C(=O)[C@@H](NC(=O)C(N=C(N)[C@H]1CCCCN1C(C)C)C(C)(C)C)C(C)(C)C)C(C)(C)C21CCC1)C(=O)C(=O)NC1CC1. The van der Waals surface area contributed by atoms with Crippen LogP contribution in [0.15, 0.2) is 4.99 Å². The van der Waals surface area contributed by atoms with Crippen molar-refractivity contribution in [3.8, 4) is 0 Å². The van der Waals surface area contributed by atoms with Gasteiger partial charge in [-0.05, 0) is 93.4 Å². The number of amides is 4. The molecule has 6 atom stereocenters. The number of amidine groups is 1. The Labute approximate surface area is 324 Å². The van der Waals surface area contributed by atoms with Crippen molar-refractivity contribution in [3.05, 3.63) is 0 Å². The molecule has 5 N–H and O–H groups in total. The molecule has 5 fully saturated rings. The molecular formula is C42H71N7O5. The van der Waals surface area contributed by atoms with E-state index in [2.05, 4.69) is 48.5 Å². The minimum absolute atomic E-state index is 0.0181. The summed E-state index contributed by atoms with van der Waals surface area (Å²) in [7, 11) is 0. The van der Waals surface area contributed by atoms with Gasteiger partial charge in [0, 0.05) is 24.0 Å². The van der Waals surface area contributed by atoms with Crippen molar-refractivity contribution in [1.82, 2.24) is 25.8 Å². The summed E-state index contributed by atoms with van der Waals surface area (Å²) in [5.41, 5.74) is 5.12. The average Bonchev–Trinajstić information content (AvgIpc) is 3.89. The van der Waals surface area contributed by atoms with E-state index in [4.69, 9.17) is 10.7 Å². The number of carbonyl (C=O) groups excluding carboxylic acids is 5. The fourth-order valence-corrected chi connectivity index (χ4v) is 10.3. The average molecular weight is 754 g/mol. The van der Waals surface area contributed by atoms with Crippen LogP contribution >= 0.6 is 0 Å². The van der Waals surface area contributed by atoms with Crippen molar-refractivity contribution in [2.45, 2.75) is 189 Å². The van der Waals surface area contributed by atoms with E-state index >= 15 is 4.79 Å². The number of nitrogens with one attached hydrogen (secondary N) is 3. The van der Waals surface area contributed by atoms with Crippen LogP contribution in [-0.4, -0.2) is 100 Å². The number of rotatable bonds is 13. The second-order valence-electron chi connectivity index (χ2n) is 20.3. The molecule has 0 radical (unpaired) electrons. The Morgan fingerprint density at radius 2 is 1.52 bits per heavy atom. The maximum absolute atomic E-state index is 15.1. The van der Waals surface area contributed by atoms with Crippen LogP contribution in [0, 0.1) is 27.1 Å². The van der Waals surface area contributed by atoms with Gasteiger partial charge < -0.3 is 26.6 Å². The molecule has 54 heavy (non-hydrogen) atoms. The molecular weight excluding hydrogens is 683 g/mol. The summed E-state index contributed by atoms with van der Waals surface area (Å²) >= 11 is 0. The van der Waals surface area contributed by atoms with E-state index in [0.717, 1.165) is 57.9 Å². The molecule has 5 rings (SSSR count). The van der Waals surface area contributed by atoms with Crippen LogP contribution in [0.25, 0.3) is 0 Å². The van der Waals surface area contributed by atoms with Crippen LogP contribution in [0.5, 0.6) is 0 Å². The fourth-order valence-electron chi connectivity index (χ4n) is 10.3. The lowest BCUT2D eigenvalue weighted by atomic mass is 9.73. The lowest BCUT2D eigenvalue weighted by molar-refractivity contribution is -0.145. The molecule has 2 heterocycles. The lowest BCUT2D eigenvalue weighted by Gasteiger charge is -2.39. The standard InChI is InChI=1S/C42H71N7O5/c1-12-16-27(30(50)35(52)44-26-18-19-26)45-34(51)29-23-42(40(10,11)41(42)20-15-21-41)24-49(29)37(54)32(39(7,8)9)47-36(53)31(38(4,5)6)46-33(43)28-17-13-14-22-48(28)25(2)3/h25-29,31-32H,12-24H2,1-11H3,(H2,43,46)(H,44,52)(H,45,51)(H,47,53)/t27-,28+,29-,31?,32+,42+/m0/s1. The first-order valence-electron chi connectivity index (χ1n) is 20.9. The van der Waals surface area contributed by atoms with Crippen LogP contribution in [0.3, 0.4) is 0 Å². The van der Waals surface area contributed by atoms with Crippen molar-refractivity contribution < 1.29 is 24.0 Å². The molecule has 1 unspecified atom stereocenters. The van der Waals surface area contributed by atoms with Gasteiger partial charge in [0.25, 0.3) is 5.91 Å². The van der Waals surface area contributed by atoms with E-state index in [1.165, 1.54) is 0 Å². The number of likely N-dealkylation sites (tertiary alicyclic amines) is 2. The monoisotopic (exact) mass is 754 g/mol. The number of nitrogens with two attached hydrogens (primary N) is 1. The van der Waals surface area contributed by atoms with Crippen molar-refractivity contribution >= 4 is 35.2 Å². The minimum Gasteiger partial charge on any atom is -0.386 e. The van der Waals surface area contributed by atoms with Crippen LogP contribution in [0.1, 0.15) is 147 Å². The highest BCUT2D eigenvalue weighted by Crippen LogP contribution is 2.88. The highest BCUT2D eigenvalue weighted by atomic mass is 16.2. The van der Waals surface area contributed by atoms with Gasteiger partial charge >= 0.3 is 0 Å². The summed E-state index contributed by atoms with van der Waals surface area (Å²) in [4.78, 5) is 79.0. The van der Waals surface area contributed by atoms with Gasteiger partial charge in [0.05, 0.1) is 12.1 Å². The Bertz CT molecular complexity index is 1500. The quantitative estimate of drug-likeness (QED) is 0.122. The number of hydrogen-bond acceptors (Lipinski definition) is 7. The Morgan fingerprint density at radius 1 is 0.870 bits per heavy atom. The molecule has 0 aromatic carbocycles. The largest absolute Gasteiger partial charge is 0.386 e. The third kappa shape index (κ3) is 7.70. The normalized spacial score (nSPS) is 28.3. The fraction of sp³-hybridized carbons (Fsp3) is 0.857. The second-order valence-corrected chi connectivity index (χ2v) is 20.3. The number of carbonyl (C=O) groups is 5. The van der Waals surface area contributed by atoms with Crippen LogP contribution in [0.4, 0.5) is 0 Å². The third-order valence-electron chi connectivity index (χ3n) is 14.0. The first-order valence-corrected chi connectivity index (χ1v) is 20.9. The topological polar surface area (TPSA) is 166 Å². The summed E-state index contributed by atoms with van der Waals surface area (Å²) in [6.45, 7) is 23.7. The van der Waals surface area contributed by atoms with Gasteiger partial charge in [0.2, 0.25) is 23.5 Å². The van der Waals surface area contributed by atoms with Gasteiger partial charge in [-0.1, -0.05) is 81.6 Å². The number of ketones is 1. The van der Waals surface area contributed by atoms with Crippen LogP contribution in [-0.2, 0) is 24.0 Å². The van der Waals surface area contributed by atoms with E-state index in [1.807, 2.05) is 48.5 Å². The van der Waals surface area contributed by atoms with Crippen molar-refractivity contribution in [3.63, 3.8) is 0 Å². The molecule has 3 aliphatic carbocycles. The molecule has 3 saturated carbocycles. The van der Waals surface area contributed by atoms with Gasteiger partial charge in [0.1, 0.15) is 24.0 Å². The maximum atomic E-state index is 15.1. The van der Waals surface area contributed by atoms with Crippen molar-refractivity contribution in [1.29, 1.82) is 0 Å². The van der Waals surface area contributed by atoms with Crippen molar-refractivity contribution in [2.75, 3.05) is 13.1 Å². The zero-order valence-corrected chi connectivity index (χ0v) is 35.2. The summed E-state index contributed by atoms with van der Waals surface area (Å²) in [5, 5.41) is 8.83. The zero-order chi connectivity index (χ0) is 40.2. The molecule has 2 aliphatic heterocycles. The Morgan fingerprint density at radius 3 is 2.02 bits per heavy atom. The Balaban J connectivity index is 1.43. The van der Waals surface area contributed by atoms with Gasteiger partial charge in [0.15, 0.2) is 0 Å². The molecule has 5 aliphatic rings. The predicted molar refractivity (Wildman–Crippen MR) is 211 cm³/mol. The van der Waals surface area contributed by atoms with E-state index in [0.29, 0.717) is 31.6 Å². The van der Waals surface area contributed by atoms with Gasteiger partial charge in [-0.25, -0.2) is 0 Å². The van der Waals surface area contributed by atoms with Gasteiger partial charge in [-0.2, -0.15) is 0 Å². The lowest BCUT2D eigenvalue weighted by Crippen LogP contribution is -2.60. The number of aliphatic imine (C=N–C) groups is 1. The number of nitrogens with zero attached hydrogens (tertiary/aromatic N) is 3. The van der Waals surface area contributed by atoms with E-state index in [9.17, 15) is 19.2 Å². The minimum atomic E-state index is -0.982.